The molecule has 5 heteroatoms. The Bertz CT molecular complexity index is 1990. The van der Waals surface area contributed by atoms with Crippen LogP contribution in [0.3, 0.4) is 0 Å². The molecule has 0 atom stereocenters. The number of benzene rings is 3. The third kappa shape index (κ3) is 3.35. The van der Waals surface area contributed by atoms with E-state index in [0.29, 0.717) is 17.5 Å². The molecule has 3 aromatic carbocycles. The van der Waals surface area contributed by atoms with Crippen LogP contribution in [0.2, 0.25) is 0 Å². The lowest BCUT2D eigenvalue weighted by molar-refractivity contribution is 0.654. The van der Waals surface area contributed by atoms with E-state index < -0.39 is 0 Å². The first-order chi connectivity index (χ1) is 18.5. The zero-order valence-electron chi connectivity index (χ0n) is 21.9. The summed E-state index contributed by atoms with van der Waals surface area (Å²) < 4.78 is 8.35. The van der Waals surface area contributed by atoms with E-state index in [-0.39, 0.29) is 0 Å². The SMILES string of the molecule is CC(C)c1cc2ccccc2c(C(C)C)c1-n1c(-c2cnc3oc4ccccc4c3c2)nc2cnccc21. The van der Waals surface area contributed by atoms with Gasteiger partial charge in [-0.05, 0) is 58.0 Å². The van der Waals surface area contributed by atoms with Crippen molar-refractivity contribution in [1.29, 1.82) is 0 Å². The largest absolute Gasteiger partial charge is 0.438 e. The number of hydrogen-bond donors (Lipinski definition) is 0. The summed E-state index contributed by atoms with van der Waals surface area (Å²) in [6.45, 7) is 9.09. The monoisotopic (exact) mass is 496 g/mol. The van der Waals surface area contributed by atoms with Gasteiger partial charge in [0.05, 0.1) is 17.4 Å². The van der Waals surface area contributed by atoms with Gasteiger partial charge in [-0.15, -0.1) is 0 Å². The van der Waals surface area contributed by atoms with Crippen molar-refractivity contribution in [2.75, 3.05) is 0 Å². The smallest absolute Gasteiger partial charge is 0.227 e. The lowest BCUT2D eigenvalue weighted by Gasteiger charge is -2.24. The molecule has 0 amide bonds. The van der Waals surface area contributed by atoms with Crippen molar-refractivity contribution >= 4 is 43.9 Å². The molecule has 0 fully saturated rings. The second-order valence-electron chi connectivity index (χ2n) is 10.6. The van der Waals surface area contributed by atoms with Gasteiger partial charge in [-0.3, -0.25) is 9.55 Å². The number of aromatic nitrogens is 4. The van der Waals surface area contributed by atoms with Crippen LogP contribution >= 0.6 is 0 Å². The quantitative estimate of drug-likeness (QED) is 0.244. The summed E-state index contributed by atoms with van der Waals surface area (Å²) in [4.78, 5) is 14.3. The second kappa shape index (κ2) is 8.52. The normalized spacial score (nSPS) is 12.2. The van der Waals surface area contributed by atoms with Crippen LogP contribution in [0.5, 0.6) is 0 Å². The molecule has 0 spiro atoms. The van der Waals surface area contributed by atoms with Crippen LogP contribution in [-0.4, -0.2) is 19.5 Å². The fraction of sp³-hybridized carbons (Fsp3) is 0.182. The van der Waals surface area contributed by atoms with Gasteiger partial charge in [0.25, 0.3) is 0 Å². The van der Waals surface area contributed by atoms with Gasteiger partial charge >= 0.3 is 0 Å². The Labute approximate surface area is 220 Å². The van der Waals surface area contributed by atoms with Crippen LogP contribution in [0, 0.1) is 0 Å². The molecule has 38 heavy (non-hydrogen) atoms. The highest BCUT2D eigenvalue weighted by Gasteiger charge is 2.25. The van der Waals surface area contributed by atoms with Crippen molar-refractivity contribution in [2.24, 2.45) is 0 Å². The second-order valence-corrected chi connectivity index (χ2v) is 10.6. The molecule has 0 saturated carbocycles. The van der Waals surface area contributed by atoms with Crippen molar-refractivity contribution in [3.8, 4) is 17.1 Å². The number of imidazole rings is 1. The molecule has 4 aromatic heterocycles. The Morgan fingerprint density at radius 2 is 1.58 bits per heavy atom. The summed E-state index contributed by atoms with van der Waals surface area (Å²) in [5, 5.41) is 4.58. The van der Waals surface area contributed by atoms with Crippen LogP contribution in [0.4, 0.5) is 0 Å². The third-order valence-electron chi connectivity index (χ3n) is 7.46. The number of furan rings is 1. The van der Waals surface area contributed by atoms with E-state index in [1.54, 1.807) is 0 Å². The molecule has 0 aliphatic rings. The highest BCUT2D eigenvalue weighted by atomic mass is 16.3. The van der Waals surface area contributed by atoms with E-state index in [1.165, 1.54) is 27.6 Å². The summed E-state index contributed by atoms with van der Waals surface area (Å²) in [6.07, 6.45) is 5.57. The molecule has 7 rings (SSSR count). The molecule has 4 heterocycles. The first-order valence-electron chi connectivity index (χ1n) is 13.2. The first kappa shape index (κ1) is 22.7. The molecule has 0 radical (unpaired) electrons. The van der Waals surface area contributed by atoms with Crippen molar-refractivity contribution in [3.05, 3.63) is 96.4 Å². The molecular weight excluding hydrogens is 468 g/mol. The van der Waals surface area contributed by atoms with Crippen molar-refractivity contribution < 1.29 is 4.42 Å². The number of nitrogens with zero attached hydrogens (tertiary/aromatic N) is 4. The highest BCUT2D eigenvalue weighted by molar-refractivity contribution is 6.05. The zero-order chi connectivity index (χ0) is 26.0. The van der Waals surface area contributed by atoms with E-state index in [9.17, 15) is 0 Å². The van der Waals surface area contributed by atoms with Gasteiger partial charge in [-0.1, -0.05) is 70.2 Å². The summed E-state index contributed by atoms with van der Waals surface area (Å²) in [6, 6.07) is 23.4. The number of hydrogen-bond acceptors (Lipinski definition) is 4. The van der Waals surface area contributed by atoms with E-state index >= 15 is 0 Å². The minimum Gasteiger partial charge on any atom is -0.438 e. The van der Waals surface area contributed by atoms with Gasteiger partial charge in [0, 0.05) is 28.7 Å². The van der Waals surface area contributed by atoms with Gasteiger partial charge in [-0.25, -0.2) is 9.97 Å². The average Bonchev–Trinajstić information content (AvgIpc) is 3.50. The molecule has 5 nitrogen and oxygen atoms in total. The summed E-state index contributed by atoms with van der Waals surface area (Å²) >= 11 is 0. The van der Waals surface area contributed by atoms with Gasteiger partial charge < -0.3 is 4.42 Å². The first-order valence-corrected chi connectivity index (χ1v) is 13.2. The highest BCUT2D eigenvalue weighted by Crippen LogP contribution is 2.41. The maximum Gasteiger partial charge on any atom is 0.227 e. The van der Waals surface area contributed by atoms with Gasteiger partial charge in [-0.2, -0.15) is 0 Å². The van der Waals surface area contributed by atoms with Gasteiger partial charge in [0.2, 0.25) is 5.71 Å². The molecule has 7 aromatic rings. The minimum absolute atomic E-state index is 0.305. The van der Waals surface area contributed by atoms with Crippen molar-refractivity contribution in [2.45, 2.75) is 39.5 Å². The predicted molar refractivity (Wildman–Crippen MR) is 155 cm³/mol. The van der Waals surface area contributed by atoms with Crippen LogP contribution in [0.15, 0.2) is 89.7 Å². The summed E-state index contributed by atoms with van der Waals surface area (Å²) in [5.74, 6) is 1.48. The Balaban J connectivity index is 1.62. The number of pyridine rings is 2. The maximum absolute atomic E-state index is 6.02. The molecule has 186 valence electrons. The molecule has 0 unspecified atom stereocenters. The summed E-state index contributed by atoms with van der Waals surface area (Å²) in [5.41, 5.74) is 8.13. The Hall–Kier alpha value is -4.51. The topological polar surface area (TPSA) is 56.7 Å². The fourth-order valence-corrected chi connectivity index (χ4v) is 5.74. The predicted octanol–water partition coefficient (Wildman–Crippen LogP) is 8.78. The number of fused-ring (bicyclic) bond motifs is 5. The van der Waals surface area contributed by atoms with Crippen LogP contribution in [0.1, 0.15) is 50.7 Å². The fourth-order valence-electron chi connectivity index (χ4n) is 5.74. The van der Waals surface area contributed by atoms with Crippen LogP contribution in [0.25, 0.3) is 61.0 Å². The Morgan fingerprint density at radius 3 is 2.39 bits per heavy atom. The van der Waals surface area contributed by atoms with Crippen molar-refractivity contribution in [3.63, 3.8) is 0 Å². The molecular formula is C33H28N4O. The number of para-hydroxylation sites is 1. The molecule has 0 aliphatic carbocycles. The van der Waals surface area contributed by atoms with Gasteiger partial charge in [0.1, 0.15) is 16.9 Å². The maximum atomic E-state index is 6.02. The van der Waals surface area contributed by atoms with E-state index in [2.05, 4.69) is 85.8 Å². The van der Waals surface area contributed by atoms with Crippen molar-refractivity contribution in [1.82, 2.24) is 19.5 Å². The van der Waals surface area contributed by atoms with Gasteiger partial charge in [0.15, 0.2) is 0 Å². The molecule has 0 saturated heterocycles. The molecule has 0 bridgehead atoms. The summed E-state index contributed by atoms with van der Waals surface area (Å²) in [7, 11) is 0. The average molecular weight is 497 g/mol. The van der Waals surface area contributed by atoms with Crippen LogP contribution < -0.4 is 0 Å². The van der Waals surface area contributed by atoms with Crippen LogP contribution in [-0.2, 0) is 0 Å². The minimum atomic E-state index is 0.305. The Kier molecular flexibility index (Phi) is 5.08. The molecule has 0 N–H and O–H groups in total. The third-order valence-corrected chi connectivity index (χ3v) is 7.46. The standard InChI is InChI=1S/C33H28N4O/c1-19(2)25-15-21-9-5-6-10-23(21)30(20(3)4)31(25)37-28-13-14-34-18-27(28)36-32(37)22-16-26-24-11-7-8-12-29(24)38-33(26)35-17-22/h5-20H,1-4H3. The zero-order valence-corrected chi connectivity index (χ0v) is 21.9. The number of rotatable bonds is 4. The van der Waals surface area contributed by atoms with E-state index in [1.807, 2.05) is 36.8 Å². The Morgan fingerprint density at radius 1 is 0.789 bits per heavy atom. The van der Waals surface area contributed by atoms with E-state index in [0.717, 1.165) is 38.8 Å². The molecule has 0 aliphatic heterocycles. The lowest BCUT2D eigenvalue weighted by Crippen LogP contribution is -2.09. The lowest BCUT2D eigenvalue weighted by atomic mass is 9.87. The van der Waals surface area contributed by atoms with E-state index in [4.69, 9.17) is 14.4 Å².